The van der Waals surface area contributed by atoms with E-state index < -0.39 is 12.1 Å². The summed E-state index contributed by atoms with van der Waals surface area (Å²) >= 11 is 0. The van der Waals surface area contributed by atoms with Crippen molar-refractivity contribution in [1.29, 1.82) is 0 Å². The van der Waals surface area contributed by atoms with Crippen LogP contribution in [0.25, 0.3) is 6.08 Å². The molecule has 1 fully saturated rings. The molecule has 6 nitrogen and oxygen atoms in total. The van der Waals surface area contributed by atoms with Gasteiger partial charge in [0.1, 0.15) is 11.5 Å². The fraction of sp³-hybridized carbons (Fsp3) is 0.500. The number of carbonyl (C=O) groups is 2. The third-order valence-corrected chi connectivity index (χ3v) is 3.54. The van der Waals surface area contributed by atoms with Crippen LogP contribution >= 0.6 is 0 Å². The van der Waals surface area contributed by atoms with Crippen molar-refractivity contribution in [3.63, 3.8) is 0 Å². The maximum Gasteiger partial charge on any atom is 0.490 e. The molecule has 0 bridgehead atoms. The Morgan fingerprint density at radius 1 is 1.40 bits per heavy atom. The molecule has 1 aliphatic rings. The van der Waals surface area contributed by atoms with Gasteiger partial charge in [0, 0.05) is 25.2 Å². The highest BCUT2D eigenvalue weighted by Gasteiger charge is 2.38. The van der Waals surface area contributed by atoms with E-state index in [1.165, 1.54) is 0 Å². The van der Waals surface area contributed by atoms with Crippen molar-refractivity contribution >= 4 is 18.0 Å². The Balaban J connectivity index is 0.000000381. The van der Waals surface area contributed by atoms with Gasteiger partial charge < -0.3 is 19.7 Å². The van der Waals surface area contributed by atoms with Gasteiger partial charge in [-0.25, -0.2) is 4.79 Å². The number of aliphatic carboxylic acids is 1. The minimum Gasteiger partial charge on any atom is -0.475 e. The van der Waals surface area contributed by atoms with Crippen LogP contribution in [0.4, 0.5) is 13.2 Å². The number of halogens is 3. The number of carbonyl (C=O) groups excluding carboxylic acids is 1. The second kappa shape index (κ2) is 9.26. The molecule has 0 aromatic carbocycles. The number of likely N-dealkylation sites (tertiary alicyclic amines) is 1. The van der Waals surface area contributed by atoms with E-state index in [1.807, 2.05) is 31.0 Å². The SMILES string of the molecule is CNC1CCCN(C(=O)C=Cc2ccc(C)o2)C1.O=C(O)C(F)(F)F. The van der Waals surface area contributed by atoms with E-state index in [1.54, 1.807) is 12.2 Å². The van der Waals surface area contributed by atoms with Crippen LogP contribution in [-0.2, 0) is 9.59 Å². The third kappa shape index (κ3) is 7.42. The van der Waals surface area contributed by atoms with E-state index in [0.717, 1.165) is 37.5 Å². The number of rotatable bonds is 3. The van der Waals surface area contributed by atoms with E-state index >= 15 is 0 Å². The fourth-order valence-corrected chi connectivity index (χ4v) is 2.21. The van der Waals surface area contributed by atoms with Crippen LogP contribution < -0.4 is 5.32 Å². The van der Waals surface area contributed by atoms with Crippen LogP contribution in [0, 0.1) is 6.92 Å². The molecule has 25 heavy (non-hydrogen) atoms. The van der Waals surface area contributed by atoms with Gasteiger partial charge >= 0.3 is 12.1 Å². The van der Waals surface area contributed by atoms with E-state index in [2.05, 4.69) is 5.32 Å². The molecule has 1 aromatic heterocycles. The van der Waals surface area contributed by atoms with Crippen LogP contribution in [0.1, 0.15) is 24.4 Å². The van der Waals surface area contributed by atoms with Crippen molar-refractivity contribution in [3.8, 4) is 0 Å². The molecule has 1 amide bonds. The predicted molar refractivity (Wildman–Crippen MR) is 84.8 cm³/mol. The molecule has 1 aromatic rings. The van der Waals surface area contributed by atoms with Crippen molar-refractivity contribution in [3.05, 3.63) is 29.7 Å². The summed E-state index contributed by atoms with van der Waals surface area (Å²) in [7, 11) is 1.94. The number of nitrogens with zero attached hydrogens (tertiary/aromatic N) is 1. The molecule has 2 heterocycles. The number of hydrogen-bond acceptors (Lipinski definition) is 4. The zero-order valence-corrected chi connectivity index (χ0v) is 14.0. The third-order valence-electron chi connectivity index (χ3n) is 3.54. The van der Waals surface area contributed by atoms with Gasteiger partial charge in [-0.05, 0) is 45.0 Å². The summed E-state index contributed by atoms with van der Waals surface area (Å²) in [5, 5.41) is 10.4. The van der Waals surface area contributed by atoms with Crippen LogP contribution in [0.2, 0.25) is 0 Å². The smallest absolute Gasteiger partial charge is 0.475 e. The number of aryl methyl sites for hydroxylation is 1. The summed E-state index contributed by atoms with van der Waals surface area (Å²) in [5.74, 6) is -1.12. The molecule has 1 saturated heterocycles. The average molecular weight is 362 g/mol. The number of carboxylic acids is 1. The molecular formula is C16H21F3N2O4. The second-order valence-corrected chi connectivity index (χ2v) is 5.50. The Labute approximate surface area is 143 Å². The molecule has 9 heteroatoms. The van der Waals surface area contributed by atoms with Gasteiger partial charge in [0.25, 0.3) is 0 Å². The topological polar surface area (TPSA) is 82.8 Å². The van der Waals surface area contributed by atoms with Gasteiger partial charge in [0.05, 0.1) is 0 Å². The summed E-state index contributed by atoms with van der Waals surface area (Å²) in [4.78, 5) is 22.8. The molecule has 2 N–H and O–H groups in total. The van der Waals surface area contributed by atoms with Gasteiger partial charge in [-0.1, -0.05) is 0 Å². The molecule has 0 aliphatic carbocycles. The highest BCUT2D eigenvalue weighted by Crippen LogP contribution is 2.13. The Hall–Kier alpha value is -2.29. The van der Waals surface area contributed by atoms with Gasteiger partial charge in [0.2, 0.25) is 5.91 Å². The Bertz CT molecular complexity index is 611. The Morgan fingerprint density at radius 2 is 2.04 bits per heavy atom. The molecular weight excluding hydrogens is 341 g/mol. The van der Waals surface area contributed by atoms with Gasteiger partial charge in [-0.15, -0.1) is 0 Å². The summed E-state index contributed by atoms with van der Waals surface area (Å²) < 4.78 is 37.1. The Kier molecular flexibility index (Phi) is 7.69. The average Bonchev–Trinajstić information content (AvgIpc) is 2.98. The number of furan rings is 1. The molecule has 0 saturated carbocycles. The van der Waals surface area contributed by atoms with Crippen LogP contribution in [-0.4, -0.2) is 54.2 Å². The number of amides is 1. The number of piperidine rings is 1. The summed E-state index contributed by atoms with van der Waals surface area (Å²) in [6, 6.07) is 4.18. The molecule has 0 spiro atoms. The van der Waals surface area contributed by atoms with E-state index in [4.69, 9.17) is 14.3 Å². The first-order valence-electron chi connectivity index (χ1n) is 7.64. The monoisotopic (exact) mass is 362 g/mol. The number of nitrogens with one attached hydrogen (secondary N) is 1. The number of hydrogen-bond donors (Lipinski definition) is 2. The lowest BCUT2D eigenvalue weighted by Crippen LogP contribution is -2.46. The van der Waals surface area contributed by atoms with Crippen LogP contribution in [0.3, 0.4) is 0 Å². The second-order valence-electron chi connectivity index (χ2n) is 5.50. The van der Waals surface area contributed by atoms with Crippen molar-refractivity contribution in [1.82, 2.24) is 10.2 Å². The molecule has 1 unspecified atom stereocenters. The van der Waals surface area contributed by atoms with Gasteiger partial charge in [-0.2, -0.15) is 13.2 Å². The van der Waals surface area contributed by atoms with E-state index in [-0.39, 0.29) is 5.91 Å². The molecule has 0 radical (unpaired) electrons. The normalized spacial score (nSPS) is 18.0. The largest absolute Gasteiger partial charge is 0.490 e. The quantitative estimate of drug-likeness (QED) is 0.807. The zero-order chi connectivity index (χ0) is 19.0. The van der Waals surface area contributed by atoms with E-state index in [0.29, 0.717) is 6.04 Å². The number of likely N-dealkylation sites (N-methyl/N-ethyl adjacent to an activating group) is 1. The zero-order valence-electron chi connectivity index (χ0n) is 14.0. The maximum absolute atomic E-state index is 12.0. The summed E-state index contributed by atoms with van der Waals surface area (Å²) in [5.41, 5.74) is 0. The minimum atomic E-state index is -5.08. The number of carboxylic acid groups (broad SMARTS) is 1. The Morgan fingerprint density at radius 3 is 2.52 bits per heavy atom. The predicted octanol–water partition coefficient (Wildman–Crippen LogP) is 2.44. The van der Waals surface area contributed by atoms with Crippen LogP contribution in [0.15, 0.2) is 22.6 Å². The number of alkyl halides is 3. The molecule has 140 valence electrons. The lowest BCUT2D eigenvalue weighted by atomic mass is 10.1. The van der Waals surface area contributed by atoms with Crippen LogP contribution in [0.5, 0.6) is 0 Å². The van der Waals surface area contributed by atoms with E-state index in [9.17, 15) is 18.0 Å². The van der Waals surface area contributed by atoms with Gasteiger partial charge in [0.15, 0.2) is 0 Å². The minimum absolute atomic E-state index is 0.0593. The summed E-state index contributed by atoms with van der Waals surface area (Å²) in [6.45, 7) is 3.52. The maximum atomic E-state index is 12.0. The first kappa shape index (κ1) is 20.8. The standard InChI is InChI=1S/C14H20N2O2.C2HF3O2/c1-11-5-6-13(18-11)7-8-14(17)16-9-3-4-12(10-16)15-2;3-2(4,5)1(6)7/h5-8,12,15H,3-4,9-10H2,1-2H3;(H,6,7). The summed E-state index contributed by atoms with van der Waals surface area (Å²) in [6.07, 6.45) is 0.445. The first-order chi connectivity index (χ1) is 11.6. The van der Waals surface area contributed by atoms with Gasteiger partial charge in [-0.3, -0.25) is 4.79 Å². The van der Waals surface area contributed by atoms with Crippen molar-refractivity contribution in [2.45, 2.75) is 32.0 Å². The molecule has 2 rings (SSSR count). The fourth-order valence-electron chi connectivity index (χ4n) is 2.21. The highest BCUT2D eigenvalue weighted by molar-refractivity contribution is 5.91. The lowest BCUT2D eigenvalue weighted by molar-refractivity contribution is -0.192. The highest BCUT2D eigenvalue weighted by atomic mass is 19.4. The first-order valence-corrected chi connectivity index (χ1v) is 7.64. The van der Waals surface area contributed by atoms with Crippen molar-refractivity contribution in [2.24, 2.45) is 0 Å². The molecule has 1 atom stereocenters. The van der Waals surface area contributed by atoms with Crippen molar-refractivity contribution in [2.75, 3.05) is 20.1 Å². The van der Waals surface area contributed by atoms with Crippen molar-refractivity contribution < 1.29 is 32.3 Å². The lowest BCUT2D eigenvalue weighted by Gasteiger charge is -2.31. The molecule has 1 aliphatic heterocycles.